The molecule has 0 unspecified atom stereocenters. The van der Waals surface area contributed by atoms with Crippen LogP contribution in [0.15, 0.2) is 37.5 Å². The Hall–Kier alpha value is -1.84. The van der Waals surface area contributed by atoms with E-state index in [0.717, 1.165) is 18.9 Å². The van der Waals surface area contributed by atoms with Gasteiger partial charge < -0.3 is 10.5 Å². The maximum Gasteiger partial charge on any atom is 0.330 e. The Kier molecular flexibility index (Phi) is 16.6. The predicted octanol–water partition coefficient (Wildman–Crippen LogP) is 3.68. The lowest BCUT2D eigenvalue weighted by molar-refractivity contribution is -0.136. The van der Waals surface area contributed by atoms with E-state index in [4.69, 9.17) is 5.73 Å². The van der Waals surface area contributed by atoms with Crippen molar-refractivity contribution in [3.63, 3.8) is 0 Å². The fourth-order valence-corrected chi connectivity index (χ4v) is 1.44. The highest BCUT2D eigenvalue weighted by molar-refractivity contribution is 5.91. The van der Waals surface area contributed by atoms with E-state index in [-0.39, 0.29) is 12.5 Å². The highest BCUT2D eigenvalue weighted by atomic mass is 16.5. The average Bonchev–Trinajstić information content (AvgIpc) is 2.48. The first-order valence-corrected chi connectivity index (χ1v) is 7.37. The Morgan fingerprint density at radius 3 is 2.14 bits per heavy atom. The van der Waals surface area contributed by atoms with Gasteiger partial charge in [-0.2, -0.15) is 0 Å². The first kappa shape index (κ1) is 21.5. The third-order valence-corrected chi connectivity index (χ3v) is 2.69. The molecule has 0 radical (unpaired) electrons. The molecule has 0 fully saturated rings. The lowest BCUT2D eigenvalue weighted by atomic mass is 10.1. The van der Waals surface area contributed by atoms with Gasteiger partial charge in [-0.25, -0.2) is 4.79 Å². The van der Waals surface area contributed by atoms with Crippen LogP contribution < -0.4 is 5.73 Å². The molecule has 0 aromatic carbocycles. The van der Waals surface area contributed by atoms with Crippen LogP contribution in [-0.4, -0.2) is 18.5 Å². The Balaban J connectivity index is 0. The molecule has 0 aromatic rings. The minimum absolute atomic E-state index is 0.255. The van der Waals surface area contributed by atoms with Crippen molar-refractivity contribution in [3.8, 4) is 0 Å². The summed E-state index contributed by atoms with van der Waals surface area (Å²) in [5, 5.41) is 0. The van der Waals surface area contributed by atoms with Crippen LogP contribution in [0, 0.1) is 0 Å². The summed E-state index contributed by atoms with van der Waals surface area (Å²) < 4.78 is 4.47. The lowest BCUT2D eigenvalue weighted by Gasteiger charge is -2.01. The number of primary amides is 1. The second kappa shape index (κ2) is 16.2. The number of hydrogen-bond acceptors (Lipinski definition) is 3. The van der Waals surface area contributed by atoms with Gasteiger partial charge in [-0.05, 0) is 12.8 Å². The summed E-state index contributed by atoms with van der Waals surface area (Å²) in [6.07, 6.45) is 10.8. The minimum atomic E-state index is -0.412. The van der Waals surface area contributed by atoms with E-state index in [9.17, 15) is 9.59 Å². The number of carbonyl (C=O) groups is 2. The Morgan fingerprint density at radius 2 is 1.67 bits per heavy atom. The lowest BCUT2D eigenvalue weighted by Crippen LogP contribution is -2.12. The predicted molar refractivity (Wildman–Crippen MR) is 87.7 cm³/mol. The van der Waals surface area contributed by atoms with Gasteiger partial charge in [0.25, 0.3) is 0 Å². The zero-order valence-corrected chi connectivity index (χ0v) is 13.2. The summed E-state index contributed by atoms with van der Waals surface area (Å²) in [6, 6.07) is 0. The van der Waals surface area contributed by atoms with E-state index in [0.29, 0.717) is 5.57 Å². The van der Waals surface area contributed by atoms with Gasteiger partial charge in [0.1, 0.15) is 6.61 Å². The van der Waals surface area contributed by atoms with E-state index < -0.39 is 5.97 Å². The highest BCUT2D eigenvalue weighted by Gasteiger charge is 2.00. The van der Waals surface area contributed by atoms with E-state index in [2.05, 4.69) is 31.4 Å². The number of hydrogen-bond donors (Lipinski definition) is 1. The van der Waals surface area contributed by atoms with Crippen LogP contribution in [0.2, 0.25) is 0 Å². The van der Waals surface area contributed by atoms with E-state index >= 15 is 0 Å². The van der Waals surface area contributed by atoms with Crippen molar-refractivity contribution in [2.75, 3.05) is 6.61 Å². The summed E-state index contributed by atoms with van der Waals surface area (Å²) in [4.78, 5) is 20.8. The number of unbranched alkanes of at least 4 members (excludes halogenated alkanes) is 5. The monoisotopic (exact) mass is 295 g/mol. The first-order chi connectivity index (χ1) is 9.99. The molecule has 0 bridgehead atoms. The number of nitrogens with two attached hydrogens (primary N) is 1. The van der Waals surface area contributed by atoms with Crippen molar-refractivity contribution in [3.05, 3.63) is 37.5 Å². The molecular weight excluding hydrogens is 266 g/mol. The molecule has 21 heavy (non-hydrogen) atoms. The molecule has 0 aliphatic rings. The van der Waals surface area contributed by atoms with Crippen LogP contribution in [0.4, 0.5) is 0 Å². The Morgan fingerprint density at radius 1 is 1.10 bits per heavy atom. The molecule has 0 atom stereocenters. The van der Waals surface area contributed by atoms with Crippen molar-refractivity contribution in [2.45, 2.75) is 51.9 Å². The molecule has 1 amide bonds. The summed E-state index contributed by atoms with van der Waals surface area (Å²) >= 11 is 0. The van der Waals surface area contributed by atoms with E-state index in [1.807, 2.05) is 0 Å². The standard InChI is InChI=1S/C11H21NO.C6H8O2/c1-3-4-5-6-7-8-9-10(2)11(12)13;1-3-5-8-6(7)4-2/h2-9H2,1H3,(H2,12,13);3-4H,1-2,5H2. The minimum Gasteiger partial charge on any atom is -0.458 e. The van der Waals surface area contributed by atoms with Gasteiger partial charge in [0, 0.05) is 11.6 Å². The van der Waals surface area contributed by atoms with Gasteiger partial charge >= 0.3 is 5.97 Å². The smallest absolute Gasteiger partial charge is 0.330 e. The second-order valence-electron chi connectivity index (χ2n) is 4.61. The summed E-state index contributed by atoms with van der Waals surface area (Å²) in [5.41, 5.74) is 5.63. The van der Waals surface area contributed by atoms with Crippen LogP contribution >= 0.6 is 0 Å². The maximum atomic E-state index is 10.6. The maximum absolute atomic E-state index is 10.6. The van der Waals surface area contributed by atoms with Crippen molar-refractivity contribution >= 4 is 11.9 Å². The molecule has 0 spiro atoms. The molecule has 4 nitrogen and oxygen atoms in total. The van der Waals surface area contributed by atoms with E-state index in [1.54, 1.807) is 0 Å². The number of ether oxygens (including phenoxy) is 1. The van der Waals surface area contributed by atoms with Crippen LogP contribution in [0.5, 0.6) is 0 Å². The van der Waals surface area contributed by atoms with Gasteiger partial charge in [-0.3, -0.25) is 4.79 Å². The molecule has 0 aliphatic carbocycles. The van der Waals surface area contributed by atoms with Gasteiger partial charge in [0.2, 0.25) is 5.91 Å². The van der Waals surface area contributed by atoms with Gasteiger partial charge in [0.05, 0.1) is 0 Å². The van der Waals surface area contributed by atoms with Crippen molar-refractivity contribution in [2.24, 2.45) is 5.73 Å². The topological polar surface area (TPSA) is 69.4 Å². The number of rotatable bonds is 11. The molecule has 2 N–H and O–H groups in total. The number of carbonyl (C=O) groups excluding carboxylic acids is 2. The molecule has 0 aromatic heterocycles. The normalized spacial score (nSPS) is 9.00. The largest absolute Gasteiger partial charge is 0.458 e. The molecular formula is C17H29NO3. The third kappa shape index (κ3) is 18.2. The third-order valence-electron chi connectivity index (χ3n) is 2.69. The van der Waals surface area contributed by atoms with E-state index in [1.165, 1.54) is 38.2 Å². The zero-order chi connectivity index (χ0) is 16.5. The second-order valence-corrected chi connectivity index (χ2v) is 4.61. The molecule has 4 heteroatoms. The molecule has 0 rings (SSSR count). The Labute approximate surface area is 128 Å². The van der Waals surface area contributed by atoms with Crippen LogP contribution in [-0.2, 0) is 14.3 Å². The molecule has 120 valence electrons. The molecule has 0 heterocycles. The van der Waals surface area contributed by atoms with Gasteiger partial charge in [-0.1, -0.05) is 64.8 Å². The average molecular weight is 295 g/mol. The Bertz CT molecular complexity index is 335. The van der Waals surface area contributed by atoms with Gasteiger partial charge in [-0.15, -0.1) is 0 Å². The van der Waals surface area contributed by atoms with Crippen LogP contribution in [0.3, 0.4) is 0 Å². The van der Waals surface area contributed by atoms with Crippen molar-refractivity contribution < 1.29 is 14.3 Å². The van der Waals surface area contributed by atoms with Crippen molar-refractivity contribution in [1.29, 1.82) is 0 Å². The van der Waals surface area contributed by atoms with Crippen LogP contribution in [0.25, 0.3) is 0 Å². The quantitative estimate of drug-likeness (QED) is 0.273. The fourth-order valence-electron chi connectivity index (χ4n) is 1.44. The summed E-state index contributed by atoms with van der Waals surface area (Å²) in [6.45, 7) is 12.6. The number of esters is 1. The van der Waals surface area contributed by atoms with Crippen molar-refractivity contribution in [1.82, 2.24) is 0 Å². The summed E-state index contributed by atoms with van der Waals surface area (Å²) in [5.74, 6) is -0.765. The molecule has 0 aliphatic heterocycles. The SMILES string of the molecule is C=C(CCCCCCCC)C(N)=O.C=CCOC(=O)C=C. The number of amides is 1. The molecule has 0 saturated heterocycles. The summed E-state index contributed by atoms with van der Waals surface area (Å²) in [7, 11) is 0. The highest BCUT2D eigenvalue weighted by Crippen LogP contribution is 2.10. The fraction of sp³-hybridized carbons (Fsp3) is 0.529. The van der Waals surface area contributed by atoms with Crippen LogP contribution in [0.1, 0.15) is 51.9 Å². The molecule has 0 saturated carbocycles. The zero-order valence-electron chi connectivity index (χ0n) is 13.2. The first-order valence-electron chi connectivity index (χ1n) is 7.37. The van der Waals surface area contributed by atoms with Gasteiger partial charge in [0.15, 0.2) is 0 Å².